The first-order valence-corrected chi connectivity index (χ1v) is 6.22. The number of hydrogen-bond donors (Lipinski definition) is 2. The van der Waals surface area contributed by atoms with Crippen LogP contribution in [-0.4, -0.2) is 60.4 Å². The standard InChI is InChI=1S/C12H24N2O3/c1-10(2)17-6-4-5-13-11(15)7-14-8-12(3,16)9-14/h10,16H,4-9H2,1-3H3,(H,13,15). The fourth-order valence-electron chi connectivity index (χ4n) is 1.91. The molecular weight excluding hydrogens is 220 g/mol. The quantitative estimate of drug-likeness (QED) is 0.618. The molecule has 1 aliphatic heterocycles. The molecular formula is C12H24N2O3. The van der Waals surface area contributed by atoms with Crippen molar-refractivity contribution in [3.8, 4) is 0 Å². The molecule has 0 aromatic carbocycles. The lowest BCUT2D eigenvalue weighted by Crippen LogP contribution is -2.61. The Morgan fingerprint density at radius 2 is 2.18 bits per heavy atom. The highest BCUT2D eigenvalue weighted by Gasteiger charge is 2.36. The van der Waals surface area contributed by atoms with Crippen LogP contribution in [0.1, 0.15) is 27.2 Å². The fraction of sp³-hybridized carbons (Fsp3) is 0.917. The van der Waals surface area contributed by atoms with E-state index in [4.69, 9.17) is 4.74 Å². The summed E-state index contributed by atoms with van der Waals surface area (Å²) in [4.78, 5) is 13.4. The maximum atomic E-state index is 11.5. The van der Waals surface area contributed by atoms with E-state index in [0.29, 0.717) is 32.8 Å². The molecule has 0 unspecified atom stereocenters. The molecule has 1 saturated heterocycles. The molecule has 0 saturated carbocycles. The lowest BCUT2D eigenvalue weighted by atomic mass is 9.97. The lowest BCUT2D eigenvalue weighted by Gasteiger charge is -2.43. The average Bonchev–Trinajstić information content (AvgIpc) is 2.13. The van der Waals surface area contributed by atoms with Gasteiger partial charge in [-0.15, -0.1) is 0 Å². The molecule has 0 atom stereocenters. The number of aliphatic hydroxyl groups is 1. The summed E-state index contributed by atoms with van der Waals surface area (Å²) in [6, 6.07) is 0. The number of carbonyl (C=O) groups excluding carboxylic acids is 1. The van der Waals surface area contributed by atoms with E-state index in [1.165, 1.54) is 0 Å². The van der Waals surface area contributed by atoms with Crippen molar-refractivity contribution < 1.29 is 14.6 Å². The predicted octanol–water partition coefficient (Wildman–Crippen LogP) is -0.0157. The highest BCUT2D eigenvalue weighted by Crippen LogP contribution is 2.18. The lowest BCUT2D eigenvalue weighted by molar-refractivity contribution is -0.130. The Kier molecular flexibility index (Phi) is 5.36. The summed E-state index contributed by atoms with van der Waals surface area (Å²) in [7, 11) is 0. The molecule has 1 rings (SSSR count). The molecule has 1 heterocycles. The second-order valence-electron chi connectivity index (χ2n) is 5.27. The maximum absolute atomic E-state index is 11.5. The third-order valence-electron chi connectivity index (χ3n) is 2.59. The molecule has 0 radical (unpaired) electrons. The van der Waals surface area contributed by atoms with Crippen molar-refractivity contribution in [2.45, 2.75) is 38.9 Å². The highest BCUT2D eigenvalue weighted by molar-refractivity contribution is 5.78. The minimum absolute atomic E-state index is 0.0186. The number of rotatable bonds is 7. The SMILES string of the molecule is CC(C)OCCCNC(=O)CN1CC(C)(O)C1. The second kappa shape index (κ2) is 6.33. The van der Waals surface area contributed by atoms with Crippen molar-refractivity contribution in [1.29, 1.82) is 0 Å². The Hall–Kier alpha value is -0.650. The summed E-state index contributed by atoms with van der Waals surface area (Å²) in [6.07, 6.45) is 1.08. The van der Waals surface area contributed by atoms with E-state index >= 15 is 0 Å². The van der Waals surface area contributed by atoms with E-state index in [-0.39, 0.29) is 12.0 Å². The van der Waals surface area contributed by atoms with Crippen LogP contribution in [0.3, 0.4) is 0 Å². The van der Waals surface area contributed by atoms with Crippen LogP contribution in [0.4, 0.5) is 0 Å². The Balaban J connectivity index is 1.95. The molecule has 1 fully saturated rings. The van der Waals surface area contributed by atoms with Crippen LogP contribution in [0.25, 0.3) is 0 Å². The number of likely N-dealkylation sites (tertiary alicyclic amines) is 1. The van der Waals surface area contributed by atoms with Gasteiger partial charge in [0, 0.05) is 26.2 Å². The van der Waals surface area contributed by atoms with Crippen molar-refractivity contribution in [3.63, 3.8) is 0 Å². The predicted molar refractivity (Wildman–Crippen MR) is 65.8 cm³/mol. The van der Waals surface area contributed by atoms with Gasteiger partial charge in [0.2, 0.25) is 5.91 Å². The molecule has 1 aliphatic rings. The van der Waals surface area contributed by atoms with Crippen molar-refractivity contribution >= 4 is 5.91 Å². The van der Waals surface area contributed by atoms with Crippen LogP contribution in [-0.2, 0) is 9.53 Å². The summed E-state index contributed by atoms with van der Waals surface area (Å²) in [5.74, 6) is 0.0186. The highest BCUT2D eigenvalue weighted by atomic mass is 16.5. The number of hydrogen-bond acceptors (Lipinski definition) is 4. The van der Waals surface area contributed by atoms with Gasteiger partial charge in [-0.05, 0) is 27.2 Å². The van der Waals surface area contributed by atoms with E-state index in [1.807, 2.05) is 18.7 Å². The van der Waals surface area contributed by atoms with Crippen LogP contribution < -0.4 is 5.32 Å². The molecule has 2 N–H and O–H groups in total. The van der Waals surface area contributed by atoms with E-state index in [1.54, 1.807) is 6.92 Å². The summed E-state index contributed by atoms with van der Waals surface area (Å²) in [6.45, 7) is 8.63. The van der Waals surface area contributed by atoms with E-state index in [9.17, 15) is 9.90 Å². The van der Waals surface area contributed by atoms with Crippen LogP contribution >= 0.6 is 0 Å². The molecule has 17 heavy (non-hydrogen) atoms. The summed E-state index contributed by atoms with van der Waals surface area (Å²) < 4.78 is 5.37. The minimum Gasteiger partial charge on any atom is -0.388 e. The average molecular weight is 244 g/mol. The molecule has 0 aliphatic carbocycles. The molecule has 0 bridgehead atoms. The molecule has 1 amide bonds. The zero-order valence-electron chi connectivity index (χ0n) is 11.0. The van der Waals surface area contributed by atoms with Gasteiger partial charge in [-0.25, -0.2) is 0 Å². The van der Waals surface area contributed by atoms with Gasteiger partial charge < -0.3 is 15.2 Å². The van der Waals surface area contributed by atoms with Crippen LogP contribution in [0.15, 0.2) is 0 Å². The zero-order chi connectivity index (χ0) is 12.9. The third-order valence-corrected chi connectivity index (χ3v) is 2.59. The van der Waals surface area contributed by atoms with Crippen LogP contribution in [0.5, 0.6) is 0 Å². The van der Waals surface area contributed by atoms with Gasteiger partial charge in [-0.2, -0.15) is 0 Å². The number of nitrogens with one attached hydrogen (secondary N) is 1. The van der Waals surface area contributed by atoms with E-state index < -0.39 is 5.60 Å². The fourth-order valence-corrected chi connectivity index (χ4v) is 1.91. The maximum Gasteiger partial charge on any atom is 0.234 e. The van der Waals surface area contributed by atoms with Crippen LogP contribution in [0, 0.1) is 0 Å². The van der Waals surface area contributed by atoms with Gasteiger partial charge in [0.15, 0.2) is 0 Å². The molecule has 0 spiro atoms. The number of nitrogens with zero attached hydrogens (tertiary/aromatic N) is 1. The number of carbonyl (C=O) groups is 1. The number of amides is 1. The van der Waals surface area contributed by atoms with Crippen molar-refractivity contribution in [1.82, 2.24) is 10.2 Å². The minimum atomic E-state index is -0.606. The summed E-state index contributed by atoms with van der Waals surface area (Å²) in [5, 5.41) is 12.3. The summed E-state index contributed by atoms with van der Waals surface area (Å²) >= 11 is 0. The van der Waals surface area contributed by atoms with Gasteiger partial charge in [0.25, 0.3) is 0 Å². The Morgan fingerprint density at radius 1 is 1.53 bits per heavy atom. The first-order valence-electron chi connectivity index (χ1n) is 6.22. The normalized spacial score (nSPS) is 19.1. The van der Waals surface area contributed by atoms with E-state index in [2.05, 4.69) is 5.32 Å². The number of ether oxygens (including phenoxy) is 1. The van der Waals surface area contributed by atoms with Gasteiger partial charge >= 0.3 is 0 Å². The largest absolute Gasteiger partial charge is 0.388 e. The monoisotopic (exact) mass is 244 g/mol. The third kappa shape index (κ3) is 6.00. The van der Waals surface area contributed by atoms with Crippen LogP contribution in [0.2, 0.25) is 0 Å². The molecule has 0 aromatic rings. The van der Waals surface area contributed by atoms with E-state index in [0.717, 1.165) is 6.42 Å². The van der Waals surface area contributed by atoms with Crippen molar-refractivity contribution in [2.24, 2.45) is 0 Å². The first-order chi connectivity index (χ1) is 7.89. The molecule has 0 aromatic heterocycles. The molecule has 5 heteroatoms. The van der Waals surface area contributed by atoms with Gasteiger partial charge in [-0.1, -0.05) is 0 Å². The smallest absolute Gasteiger partial charge is 0.234 e. The van der Waals surface area contributed by atoms with Gasteiger partial charge in [0.05, 0.1) is 18.2 Å². The van der Waals surface area contributed by atoms with Gasteiger partial charge in [-0.3, -0.25) is 9.69 Å². The van der Waals surface area contributed by atoms with Crippen molar-refractivity contribution in [2.75, 3.05) is 32.8 Å². The summed E-state index contributed by atoms with van der Waals surface area (Å²) in [5.41, 5.74) is -0.606. The Morgan fingerprint density at radius 3 is 2.71 bits per heavy atom. The van der Waals surface area contributed by atoms with Gasteiger partial charge in [0.1, 0.15) is 0 Å². The topological polar surface area (TPSA) is 61.8 Å². The zero-order valence-corrected chi connectivity index (χ0v) is 11.0. The Labute approximate surface area is 103 Å². The molecule has 5 nitrogen and oxygen atoms in total. The first kappa shape index (κ1) is 14.4. The second-order valence-corrected chi connectivity index (χ2v) is 5.27. The number of β-amino-alcohol motifs (C(OH)–C–C–N with tert-alkyl or cyclic N) is 1. The molecule has 100 valence electrons. The van der Waals surface area contributed by atoms with Crippen molar-refractivity contribution in [3.05, 3.63) is 0 Å². The Bertz CT molecular complexity index is 246.